The molecule has 1 fully saturated rings. The number of aliphatic imine (C=N–C) groups is 1. The Morgan fingerprint density at radius 3 is 2.75 bits per heavy atom. The molecule has 0 unspecified atom stereocenters. The summed E-state index contributed by atoms with van der Waals surface area (Å²) in [7, 11) is 3.51. The number of aromatic nitrogens is 1. The fourth-order valence-corrected chi connectivity index (χ4v) is 3.47. The third-order valence-corrected chi connectivity index (χ3v) is 5.09. The van der Waals surface area contributed by atoms with E-state index in [4.69, 9.17) is 0 Å². The minimum absolute atomic E-state index is 0.00953. The molecule has 0 saturated heterocycles. The van der Waals surface area contributed by atoms with Crippen LogP contribution < -0.4 is 10.6 Å². The van der Waals surface area contributed by atoms with E-state index in [0.29, 0.717) is 6.04 Å². The average molecular weight is 352 g/mol. The summed E-state index contributed by atoms with van der Waals surface area (Å²) in [5, 5.41) is 7.97. The normalized spacial score (nSPS) is 16.0. The van der Waals surface area contributed by atoms with Gasteiger partial charge in [-0.2, -0.15) is 0 Å². The molecule has 0 atom stereocenters. The molecule has 1 aliphatic rings. The van der Waals surface area contributed by atoms with Gasteiger partial charge in [0.25, 0.3) is 0 Å². The van der Waals surface area contributed by atoms with Gasteiger partial charge in [0.05, 0.1) is 5.01 Å². The molecular formula is C17H29N5OS. The van der Waals surface area contributed by atoms with Crippen molar-refractivity contribution < 1.29 is 4.79 Å². The molecule has 1 aromatic rings. The van der Waals surface area contributed by atoms with Crippen LogP contribution in [0.5, 0.6) is 0 Å². The Labute approximate surface area is 148 Å². The first-order chi connectivity index (χ1) is 11.5. The number of carbonyl (C=O) groups is 1. The van der Waals surface area contributed by atoms with Crippen LogP contribution in [0.25, 0.3) is 0 Å². The second-order valence-corrected chi connectivity index (χ2v) is 7.79. The molecule has 0 aromatic carbocycles. The first-order valence-corrected chi connectivity index (χ1v) is 9.52. The van der Waals surface area contributed by atoms with Gasteiger partial charge in [-0.1, -0.05) is 19.3 Å². The molecule has 7 heteroatoms. The molecule has 0 radical (unpaired) electrons. The molecule has 1 saturated carbocycles. The van der Waals surface area contributed by atoms with Crippen molar-refractivity contribution in [1.82, 2.24) is 20.5 Å². The van der Waals surface area contributed by atoms with Gasteiger partial charge in [-0.05, 0) is 19.8 Å². The molecule has 1 aromatic heterocycles. The van der Waals surface area contributed by atoms with Crippen molar-refractivity contribution in [1.29, 1.82) is 0 Å². The summed E-state index contributed by atoms with van der Waals surface area (Å²) >= 11 is 1.73. The van der Waals surface area contributed by atoms with Crippen LogP contribution in [0.2, 0.25) is 0 Å². The lowest BCUT2D eigenvalue weighted by Crippen LogP contribution is -2.45. The smallest absolute Gasteiger partial charge is 0.243 e. The maximum absolute atomic E-state index is 11.8. The standard InChI is InChI=1S/C17H29N5OS/c1-13-11-19-15(24-13)9-10-18-17(20-12-16(23)22(2)3)21-14-7-5-4-6-8-14/h11,14H,4-10,12H2,1-3H3,(H2,18,20,21). The van der Waals surface area contributed by atoms with E-state index in [9.17, 15) is 4.79 Å². The summed E-state index contributed by atoms with van der Waals surface area (Å²) in [6, 6.07) is 0.460. The van der Waals surface area contributed by atoms with Crippen LogP contribution in [0.15, 0.2) is 11.2 Å². The Balaban J connectivity index is 1.87. The Bertz CT molecular complexity index is 549. The van der Waals surface area contributed by atoms with Crippen LogP contribution in [0.1, 0.15) is 42.0 Å². The molecule has 1 aliphatic carbocycles. The van der Waals surface area contributed by atoms with Crippen molar-refractivity contribution in [3.8, 4) is 0 Å². The van der Waals surface area contributed by atoms with Gasteiger partial charge in [0.15, 0.2) is 5.96 Å². The van der Waals surface area contributed by atoms with Crippen LogP contribution >= 0.6 is 11.3 Å². The van der Waals surface area contributed by atoms with Gasteiger partial charge < -0.3 is 15.5 Å². The largest absolute Gasteiger partial charge is 0.356 e. The van der Waals surface area contributed by atoms with E-state index in [1.807, 2.05) is 6.20 Å². The van der Waals surface area contributed by atoms with Gasteiger partial charge in [-0.3, -0.25) is 4.79 Å². The highest BCUT2D eigenvalue weighted by molar-refractivity contribution is 7.11. The highest BCUT2D eigenvalue weighted by atomic mass is 32.1. The summed E-state index contributed by atoms with van der Waals surface area (Å²) in [4.78, 5) is 23.4. The molecule has 2 N–H and O–H groups in total. The first kappa shape index (κ1) is 18.7. The van der Waals surface area contributed by atoms with Gasteiger partial charge in [-0.15, -0.1) is 11.3 Å². The number of hydrogen-bond donors (Lipinski definition) is 2. The van der Waals surface area contributed by atoms with E-state index in [2.05, 4.69) is 27.5 Å². The van der Waals surface area contributed by atoms with Crippen LogP contribution in [0, 0.1) is 6.92 Å². The van der Waals surface area contributed by atoms with Gasteiger partial charge >= 0.3 is 0 Å². The zero-order chi connectivity index (χ0) is 17.4. The molecule has 24 heavy (non-hydrogen) atoms. The van der Waals surface area contributed by atoms with Crippen molar-refractivity contribution >= 4 is 23.2 Å². The molecular weight excluding hydrogens is 322 g/mol. The first-order valence-electron chi connectivity index (χ1n) is 8.71. The van der Waals surface area contributed by atoms with Gasteiger partial charge in [0, 0.05) is 44.2 Å². The lowest BCUT2D eigenvalue weighted by atomic mass is 9.96. The number of rotatable bonds is 6. The molecule has 6 nitrogen and oxygen atoms in total. The summed E-state index contributed by atoms with van der Waals surface area (Å²) in [5.41, 5.74) is 0. The number of aryl methyl sites for hydroxylation is 1. The second kappa shape index (κ2) is 9.61. The molecule has 1 amide bonds. The maximum Gasteiger partial charge on any atom is 0.243 e. The van der Waals surface area contributed by atoms with Crippen molar-refractivity contribution in [3.05, 3.63) is 16.1 Å². The van der Waals surface area contributed by atoms with E-state index in [1.54, 1.807) is 30.3 Å². The fraction of sp³-hybridized carbons (Fsp3) is 0.706. The maximum atomic E-state index is 11.8. The van der Waals surface area contributed by atoms with Crippen LogP contribution in [0.4, 0.5) is 0 Å². The number of hydrogen-bond acceptors (Lipinski definition) is 4. The van der Waals surface area contributed by atoms with Crippen molar-refractivity contribution in [2.24, 2.45) is 4.99 Å². The number of guanidine groups is 1. The van der Waals surface area contributed by atoms with Gasteiger partial charge in [-0.25, -0.2) is 9.98 Å². The van der Waals surface area contributed by atoms with Crippen LogP contribution in [-0.4, -0.2) is 55.0 Å². The predicted molar refractivity (Wildman–Crippen MR) is 99.6 cm³/mol. The third-order valence-electron chi connectivity index (χ3n) is 4.12. The number of thiazole rings is 1. The number of amides is 1. The Hall–Kier alpha value is -1.63. The highest BCUT2D eigenvalue weighted by Gasteiger charge is 2.15. The summed E-state index contributed by atoms with van der Waals surface area (Å²) in [6.07, 6.45) is 8.97. The zero-order valence-electron chi connectivity index (χ0n) is 15.0. The molecule has 1 heterocycles. The predicted octanol–water partition coefficient (Wildman–Crippen LogP) is 1.95. The van der Waals surface area contributed by atoms with Crippen molar-refractivity contribution in [2.45, 2.75) is 51.5 Å². The number of nitrogens with zero attached hydrogens (tertiary/aromatic N) is 3. The van der Waals surface area contributed by atoms with Gasteiger partial charge in [0.2, 0.25) is 5.91 Å². The van der Waals surface area contributed by atoms with Crippen molar-refractivity contribution in [3.63, 3.8) is 0 Å². The van der Waals surface area contributed by atoms with Crippen LogP contribution in [-0.2, 0) is 11.2 Å². The lowest BCUT2D eigenvalue weighted by Gasteiger charge is -2.25. The van der Waals surface area contributed by atoms with Crippen molar-refractivity contribution in [2.75, 3.05) is 27.2 Å². The number of carbonyl (C=O) groups excluding carboxylic acids is 1. The molecule has 134 valence electrons. The van der Waals surface area contributed by atoms with E-state index in [-0.39, 0.29) is 12.5 Å². The van der Waals surface area contributed by atoms with Gasteiger partial charge in [0.1, 0.15) is 6.54 Å². The third kappa shape index (κ3) is 6.47. The minimum atomic E-state index is 0.00953. The van der Waals surface area contributed by atoms with E-state index < -0.39 is 0 Å². The number of likely N-dealkylation sites (N-methyl/N-ethyl adjacent to an activating group) is 1. The number of nitrogens with one attached hydrogen (secondary N) is 2. The zero-order valence-corrected chi connectivity index (χ0v) is 15.8. The molecule has 0 bridgehead atoms. The van der Waals surface area contributed by atoms with E-state index in [0.717, 1.165) is 23.9 Å². The monoisotopic (exact) mass is 351 g/mol. The second-order valence-electron chi connectivity index (χ2n) is 6.47. The minimum Gasteiger partial charge on any atom is -0.356 e. The van der Waals surface area contributed by atoms with E-state index in [1.165, 1.54) is 37.0 Å². The molecule has 0 spiro atoms. The highest BCUT2D eigenvalue weighted by Crippen LogP contribution is 2.17. The topological polar surface area (TPSA) is 69.6 Å². The molecule has 2 rings (SSSR count). The Kier molecular flexibility index (Phi) is 7.49. The summed E-state index contributed by atoms with van der Waals surface area (Å²) < 4.78 is 0. The van der Waals surface area contributed by atoms with E-state index >= 15 is 0 Å². The lowest BCUT2D eigenvalue weighted by molar-refractivity contribution is -0.127. The quantitative estimate of drug-likeness (QED) is 0.607. The Morgan fingerprint density at radius 2 is 2.12 bits per heavy atom. The SMILES string of the molecule is Cc1cnc(CCNC(=NCC(=O)N(C)C)NC2CCCCC2)s1. The summed E-state index contributed by atoms with van der Waals surface area (Å²) in [6.45, 7) is 3.01. The van der Waals surface area contributed by atoms with Crippen LogP contribution in [0.3, 0.4) is 0 Å². The average Bonchev–Trinajstić information content (AvgIpc) is 2.98. The Morgan fingerprint density at radius 1 is 1.38 bits per heavy atom. The molecule has 0 aliphatic heterocycles. The summed E-state index contributed by atoms with van der Waals surface area (Å²) in [5.74, 6) is 0.751. The fourth-order valence-electron chi connectivity index (χ4n) is 2.69.